The highest BCUT2D eigenvalue weighted by molar-refractivity contribution is 5.75. The molecule has 7 heteroatoms. The number of aliphatic hydroxyl groups is 1. The van der Waals surface area contributed by atoms with Gasteiger partial charge < -0.3 is 25.6 Å². The van der Waals surface area contributed by atoms with Crippen molar-refractivity contribution in [1.29, 1.82) is 0 Å². The van der Waals surface area contributed by atoms with Crippen LogP contribution in [0.4, 0.5) is 0 Å². The van der Waals surface area contributed by atoms with Crippen molar-refractivity contribution < 1.29 is 19.7 Å². The number of carboxylic acid groups (broad SMARTS) is 1. The Morgan fingerprint density at radius 1 is 0.806 bits per heavy atom. The van der Waals surface area contributed by atoms with Crippen molar-refractivity contribution in [1.82, 2.24) is 10.6 Å². The number of aliphatic carboxylic acids is 1. The Kier molecular flexibility index (Phi) is 11.8. The molecular weight excluding hydrogens is 391 g/mol. The fourth-order valence-electron chi connectivity index (χ4n) is 5.67. The predicted molar refractivity (Wildman–Crippen MR) is 129 cm³/mol. The van der Waals surface area contributed by atoms with Crippen LogP contribution in [0.5, 0.6) is 0 Å². The number of carboxylic acids is 1. The highest BCUT2D eigenvalue weighted by Crippen LogP contribution is 2.33. The molecule has 3 rings (SSSR count). The zero-order valence-corrected chi connectivity index (χ0v) is 21.3. The van der Waals surface area contributed by atoms with Gasteiger partial charge in [-0.2, -0.15) is 0 Å². The van der Waals surface area contributed by atoms with Gasteiger partial charge in [0.2, 0.25) is 0 Å². The molecule has 3 saturated heterocycles. The molecule has 0 amide bonds. The number of aliphatic hydroxyl groups excluding tert-OH is 1. The molecule has 4 N–H and O–H groups in total. The second-order valence-corrected chi connectivity index (χ2v) is 12.0. The third-order valence-corrected chi connectivity index (χ3v) is 5.90. The standard InChI is InChI=1S/C10H19NO2.C10H21NO.C4H8O.B/c1-9(2)5-7(8(12)13)6-10(3,4)11-9;1-9(2)5-8(7-12)6-10(3,4)11-9;1-2-4-5-3-1;/h7,11H,5-6H2,1-4H3,(H,12,13);8,11-12H,5-7H2,1-4H3;1-4H2;. The second-order valence-electron chi connectivity index (χ2n) is 12.0. The van der Waals surface area contributed by atoms with Crippen LogP contribution in [0, 0.1) is 11.8 Å². The molecule has 3 fully saturated rings. The summed E-state index contributed by atoms with van der Waals surface area (Å²) in [4.78, 5) is 10.9. The molecule has 3 aliphatic rings. The largest absolute Gasteiger partial charge is 0.481 e. The maximum absolute atomic E-state index is 10.9. The summed E-state index contributed by atoms with van der Waals surface area (Å²) in [6.07, 6.45) is 6.14. The fourth-order valence-corrected chi connectivity index (χ4v) is 5.67. The van der Waals surface area contributed by atoms with Gasteiger partial charge in [-0.25, -0.2) is 0 Å². The van der Waals surface area contributed by atoms with E-state index in [1.165, 1.54) is 12.8 Å². The molecule has 181 valence electrons. The van der Waals surface area contributed by atoms with Gasteiger partial charge in [-0.3, -0.25) is 4.79 Å². The Morgan fingerprint density at radius 3 is 1.42 bits per heavy atom. The summed E-state index contributed by atoms with van der Waals surface area (Å²) >= 11 is 0. The summed E-state index contributed by atoms with van der Waals surface area (Å²) in [6.45, 7) is 19.4. The normalized spacial score (nSPS) is 26.4. The van der Waals surface area contributed by atoms with Gasteiger partial charge in [0.05, 0.1) is 5.92 Å². The lowest BCUT2D eigenvalue weighted by Crippen LogP contribution is -2.58. The lowest BCUT2D eigenvalue weighted by molar-refractivity contribution is -0.144. The minimum absolute atomic E-state index is 0. The first-order valence-corrected chi connectivity index (χ1v) is 11.6. The van der Waals surface area contributed by atoms with Crippen molar-refractivity contribution in [2.45, 2.75) is 116 Å². The molecule has 3 aliphatic heterocycles. The van der Waals surface area contributed by atoms with Gasteiger partial charge in [0.15, 0.2) is 0 Å². The molecule has 31 heavy (non-hydrogen) atoms. The maximum atomic E-state index is 10.9. The van der Waals surface area contributed by atoms with Crippen LogP contribution >= 0.6 is 0 Å². The Hall–Kier alpha value is -0.625. The van der Waals surface area contributed by atoms with Gasteiger partial charge in [0, 0.05) is 50.4 Å². The van der Waals surface area contributed by atoms with E-state index in [0.29, 0.717) is 25.4 Å². The topological polar surface area (TPSA) is 90.8 Å². The molecule has 0 atom stereocenters. The highest BCUT2D eigenvalue weighted by atomic mass is 16.5. The smallest absolute Gasteiger partial charge is 0.306 e. The fraction of sp³-hybridized carbons (Fsp3) is 0.958. The van der Waals surface area contributed by atoms with Gasteiger partial charge in [0.1, 0.15) is 0 Å². The minimum Gasteiger partial charge on any atom is -0.481 e. The Labute approximate surface area is 192 Å². The first-order valence-electron chi connectivity index (χ1n) is 11.6. The van der Waals surface area contributed by atoms with E-state index in [0.717, 1.165) is 26.1 Å². The van der Waals surface area contributed by atoms with Crippen LogP contribution in [0.2, 0.25) is 0 Å². The summed E-state index contributed by atoms with van der Waals surface area (Å²) < 4.78 is 4.94. The number of hydrogen-bond donors (Lipinski definition) is 4. The van der Waals surface area contributed by atoms with E-state index in [2.05, 4.69) is 66.0 Å². The molecule has 3 radical (unpaired) electrons. The van der Waals surface area contributed by atoms with Crippen LogP contribution in [0.25, 0.3) is 0 Å². The van der Waals surface area contributed by atoms with E-state index in [9.17, 15) is 4.79 Å². The summed E-state index contributed by atoms with van der Waals surface area (Å²) in [5.41, 5.74) is 0.222. The molecule has 0 aromatic heterocycles. The number of piperidine rings is 2. The van der Waals surface area contributed by atoms with Crippen molar-refractivity contribution in [3.8, 4) is 0 Å². The number of carbonyl (C=O) groups is 1. The van der Waals surface area contributed by atoms with E-state index in [1.54, 1.807) is 0 Å². The number of hydrogen-bond acceptors (Lipinski definition) is 5. The van der Waals surface area contributed by atoms with Gasteiger partial charge in [-0.05, 0) is 99.8 Å². The van der Waals surface area contributed by atoms with Crippen molar-refractivity contribution in [2.24, 2.45) is 11.8 Å². The molecule has 0 saturated carbocycles. The lowest BCUT2D eigenvalue weighted by atomic mass is 9.76. The van der Waals surface area contributed by atoms with Crippen molar-refractivity contribution in [3.63, 3.8) is 0 Å². The van der Waals surface area contributed by atoms with Gasteiger partial charge >= 0.3 is 5.97 Å². The first-order chi connectivity index (χ1) is 13.6. The van der Waals surface area contributed by atoms with Crippen molar-refractivity contribution in [2.75, 3.05) is 19.8 Å². The third-order valence-electron chi connectivity index (χ3n) is 5.90. The van der Waals surface area contributed by atoms with Crippen molar-refractivity contribution >= 4 is 14.4 Å². The summed E-state index contributed by atoms with van der Waals surface area (Å²) in [5, 5.41) is 25.1. The minimum atomic E-state index is -0.664. The average molecular weight is 439 g/mol. The predicted octanol–water partition coefficient (Wildman–Crippen LogP) is 3.58. The Bertz CT molecular complexity index is 506. The molecule has 0 aromatic rings. The van der Waals surface area contributed by atoms with E-state index >= 15 is 0 Å². The molecule has 0 bridgehead atoms. The van der Waals surface area contributed by atoms with E-state index in [4.69, 9.17) is 14.9 Å². The van der Waals surface area contributed by atoms with Crippen LogP contribution in [0.15, 0.2) is 0 Å². The van der Waals surface area contributed by atoms with Crippen LogP contribution < -0.4 is 10.6 Å². The zero-order valence-electron chi connectivity index (χ0n) is 21.3. The molecule has 0 spiro atoms. The summed E-state index contributed by atoms with van der Waals surface area (Å²) in [6, 6.07) is 0. The molecule has 0 unspecified atom stereocenters. The third kappa shape index (κ3) is 12.3. The Balaban J connectivity index is 0.000000464. The molecule has 0 aromatic carbocycles. The average Bonchev–Trinajstić information content (AvgIpc) is 3.09. The second kappa shape index (κ2) is 12.0. The van der Waals surface area contributed by atoms with Gasteiger partial charge in [0.25, 0.3) is 0 Å². The van der Waals surface area contributed by atoms with Crippen molar-refractivity contribution in [3.05, 3.63) is 0 Å². The number of nitrogens with one attached hydrogen (secondary N) is 2. The summed E-state index contributed by atoms with van der Waals surface area (Å²) in [5.74, 6) is -0.398. The van der Waals surface area contributed by atoms with Gasteiger partial charge in [-0.15, -0.1) is 0 Å². The first kappa shape index (κ1) is 30.4. The highest BCUT2D eigenvalue weighted by Gasteiger charge is 2.40. The number of rotatable bonds is 2. The van der Waals surface area contributed by atoms with Crippen LogP contribution in [-0.2, 0) is 9.53 Å². The van der Waals surface area contributed by atoms with Crippen LogP contribution in [0.1, 0.15) is 93.9 Å². The van der Waals surface area contributed by atoms with Crippen LogP contribution in [-0.4, -0.2) is 66.6 Å². The SMILES string of the molecule is C1CCOC1.CC1(C)CC(C(=O)O)CC(C)(C)N1.CC1(C)CC(CO)CC(C)(C)N1.[B]. The van der Waals surface area contributed by atoms with E-state index in [-0.39, 0.29) is 36.5 Å². The summed E-state index contributed by atoms with van der Waals surface area (Å²) in [7, 11) is 0. The van der Waals surface area contributed by atoms with Crippen LogP contribution in [0.3, 0.4) is 0 Å². The quantitative estimate of drug-likeness (QED) is 0.492. The monoisotopic (exact) mass is 439 g/mol. The number of ether oxygens (including phenoxy) is 1. The molecule has 6 nitrogen and oxygen atoms in total. The zero-order chi connectivity index (χ0) is 23.2. The van der Waals surface area contributed by atoms with Gasteiger partial charge in [-0.1, -0.05) is 0 Å². The van der Waals surface area contributed by atoms with E-state index in [1.807, 2.05) is 0 Å². The van der Waals surface area contributed by atoms with E-state index < -0.39 is 5.97 Å². The molecule has 3 heterocycles. The maximum Gasteiger partial charge on any atom is 0.306 e. The Morgan fingerprint density at radius 2 is 1.16 bits per heavy atom. The molecular formula is C24H48BN2O4. The lowest BCUT2D eigenvalue weighted by Gasteiger charge is -2.46. The molecule has 0 aliphatic carbocycles.